The first-order valence-electron chi connectivity index (χ1n) is 8.62. The number of carbonyl (C=O) groups is 1. The number of para-hydroxylation sites is 1. The van der Waals surface area contributed by atoms with E-state index in [-0.39, 0.29) is 5.91 Å². The lowest BCUT2D eigenvalue weighted by Crippen LogP contribution is -2.27. The molecule has 0 atom stereocenters. The second-order valence-corrected chi connectivity index (χ2v) is 8.02. The van der Waals surface area contributed by atoms with E-state index >= 15 is 0 Å². The van der Waals surface area contributed by atoms with Gasteiger partial charge < -0.3 is 0 Å². The zero-order valence-electron chi connectivity index (χ0n) is 14.8. The van der Waals surface area contributed by atoms with Gasteiger partial charge in [-0.25, -0.2) is 4.98 Å². The van der Waals surface area contributed by atoms with Crippen molar-refractivity contribution in [3.63, 3.8) is 0 Å². The molecule has 134 valence electrons. The third kappa shape index (κ3) is 4.04. The molecule has 0 aliphatic carbocycles. The monoisotopic (exact) mass is 390 g/mol. The number of amides is 1. The van der Waals surface area contributed by atoms with E-state index in [4.69, 9.17) is 0 Å². The molecule has 5 heteroatoms. The molecule has 27 heavy (non-hydrogen) atoms. The third-order valence-corrected chi connectivity index (χ3v) is 6.07. The number of nitrogens with zero attached hydrogens (tertiary/aromatic N) is 2. The highest BCUT2D eigenvalue weighted by molar-refractivity contribution is 8.00. The molecule has 1 amide bonds. The molecule has 0 aliphatic heterocycles. The van der Waals surface area contributed by atoms with Crippen LogP contribution in [-0.2, 0) is 4.79 Å². The molecule has 3 aromatic carbocycles. The van der Waals surface area contributed by atoms with Gasteiger partial charge in [0.25, 0.3) is 0 Å². The fourth-order valence-corrected chi connectivity index (χ4v) is 4.48. The number of thioether (sulfide) groups is 1. The number of aryl methyl sites for hydroxylation is 1. The van der Waals surface area contributed by atoms with Crippen molar-refractivity contribution in [1.29, 1.82) is 0 Å². The average molecular weight is 391 g/mol. The largest absolute Gasteiger partial charge is 0.273 e. The van der Waals surface area contributed by atoms with Crippen molar-refractivity contribution < 1.29 is 4.79 Å². The molecular formula is C22H18N2OS2. The van der Waals surface area contributed by atoms with Gasteiger partial charge in [0.1, 0.15) is 0 Å². The van der Waals surface area contributed by atoms with E-state index in [1.165, 1.54) is 22.1 Å². The molecule has 0 unspecified atom stereocenters. The second kappa shape index (κ2) is 7.94. The minimum absolute atomic E-state index is 0.0220. The van der Waals surface area contributed by atoms with Crippen LogP contribution in [0.4, 0.5) is 10.8 Å². The third-order valence-electron chi connectivity index (χ3n) is 4.15. The van der Waals surface area contributed by atoms with Crippen LogP contribution in [0.5, 0.6) is 0 Å². The summed E-state index contributed by atoms with van der Waals surface area (Å²) in [7, 11) is 0. The zero-order chi connectivity index (χ0) is 18.6. The van der Waals surface area contributed by atoms with Crippen LogP contribution in [-0.4, -0.2) is 16.6 Å². The Kier molecular flexibility index (Phi) is 5.23. The van der Waals surface area contributed by atoms with Gasteiger partial charge in [0.15, 0.2) is 5.13 Å². The summed E-state index contributed by atoms with van der Waals surface area (Å²) < 4.78 is 0. The molecule has 0 spiro atoms. The number of hydrogen-bond donors (Lipinski definition) is 0. The van der Waals surface area contributed by atoms with Crippen LogP contribution in [0.1, 0.15) is 5.69 Å². The molecule has 0 saturated carbocycles. The van der Waals surface area contributed by atoms with Crippen LogP contribution in [0, 0.1) is 6.92 Å². The lowest BCUT2D eigenvalue weighted by molar-refractivity contribution is -0.115. The normalized spacial score (nSPS) is 10.9. The van der Waals surface area contributed by atoms with Gasteiger partial charge in [-0.3, -0.25) is 9.69 Å². The highest BCUT2D eigenvalue weighted by Gasteiger charge is 2.20. The highest BCUT2D eigenvalue weighted by Crippen LogP contribution is 2.30. The van der Waals surface area contributed by atoms with E-state index in [1.807, 2.05) is 54.8 Å². The molecule has 0 bridgehead atoms. The zero-order valence-corrected chi connectivity index (χ0v) is 16.5. The predicted molar refractivity (Wildman–Crippen MR) is 115 cm³/mol. The van der Waals surface area contributed by atoms with Crippen LogP contribution in [0.2, 0.25) is 0 Å². The van der Waals surface area contributed by atoms with Crippen LogP contribution in [0.3, 0.4) is 0 Å². The van der Waals surface area contributed by atoms with Crippen LogP contribution in [0.25, 0.3) is 10.8 Å². The minimum Gasteiger partial charge on any atom is -0.273 e. The molecule has 0 radical (unpaired) electrons. The number of rotatable bonds is 5. The SMILES string of the molecule is Cc1csc(N(C(=O)CSc2ccc3ccccc3c2)c2ccccc2)n1. The summed E-state index contributed by atoms with van der Waals surface area (Å²) in [4.78, 5) is 20.4. The van der Waals surface area contributed by atoms with Gasteiger partial charge in [0, 0.05) is 10.3 Å². The number of aromatic nitrogens is 1. The Morgan fingerprint density at radius 3 is 2.48 bits per heavy atom. The van der Waals surface area contributed by atoms with Crippen molar-refractivity contribution in [2.75, 3.05) is 10.7 Å². The van der Waals surface area contributed by atoms with Crippen molar-refractivity contribution in [1.82, 2.24) is 4.98 Å². The number of fused-ring (bicyclic) bond motifs is 1. The maximum Gasteiger partial charge on any atom is 0.243 e. The van der Waals surface area contributed by atoms with Crippen molar-refractivity contribution in [3.8, 4) is 0 Å². The molecule has 0 fully saturated rings. The fraction of sp³-hybridized carbons (Fsp3) is 0.0909. The molecule has 4 aromatic rings. The molecular weight excluding hydrogens is 372 g/mol. The van der Waals surface area contributed by atoms with Crippen LogP contribution >= 0.6 is 23.1 Å². The Hall–Kier alpha value is -2.63. The summed E-state index contributed by atoms with van der Waals surface area (Å²) >= 11 is 3.04. The average Bonchev–Trinajstić information content (AvgIpc) is 3.13. The van der Waals surface area contributed by atoms with E-state index in [0.717, 1.165) is 16.3 Å². The Bertz CT molecular complexity index is 1080. The first-order valence-corrected chi connectivity index (χ1v) is 10.5. The van der Waals surface area contributed by atoms with Gasteiger partial charge in [0.2, 0.25) is 5.91 Å². The second-order valence-electron chi connectivity index (χ2n) is 6.13. The minimum atomic E-state index is 0.0220. The molecule has 1 aromatic heterocycles. The van der Waals surface area contributed by atoms with Crippen LogP contribution < -0.4 is 4.90 Å². The summed E-state index contributed by atoms with van der Waals surface area (Å²) in [5.74, 6) is 0.375. The quantitative estimate of drug-likeness (QED) is 0.388. The van der Waals surface area contributed by atoms with Crippen molar-refractivity contribution >= 4 is 50.6 Å². The van der Waals surface area contributed by atoms with Gasteiger partial charge >= 0.3 is 0 Å². The van der Waals surface area contributed by atoms with E-state index in [1.54, 1.807) is 16.7 Å². The van der Waals surface area contributed by atoms with E-state index < -0.39 is 0 Å². The molecule has 0 N–H and O–H groups in total. The number of hydrogen-bond acceptors (Lipinski definition) is 4. The molecule has 0 saturated heterocycles. The Morgan fingerprint density at radius 2 is 1.74 bits per heavy atom. The number of carbonyl (C=O) groups excluding carboxylic acids is 1. The number of anilines is 2. The maximum atomic E-state index is 13.1. The topological polar surface area (TPSA) is 33.2 Å². The van der Waals surface area contributed by atoms with Crippen molar-refractivity contribution in [2.24, 2.45) is 0 Å². The fourth-order valence-electron chi connectivity index (χ4n) is 2.85. The lowest BCUT2D eigenvalue weighted by atomic mass is 10.1. The summed E-state index contributed by atoms with van der Waals surface area (Å²) in [6.45, 7) is 1.94. The standard InChI is InChI=1S/C22H18N2OS2/c1-16-14-27-22(23-16)24(19-9-3-2-4-10-19)21(25)15-26-20-12-11-17-7-5-6-8-18(17)13-20/h2-14H,15H2,1H3. The maximum absolute atomic E-state index is 13.1. The first-order chi connectivity index (χ1) is 13.2. The number of thiazole rings is 1. The van der Waals surface area contributed by atoms with Crippen molar-refractivity contribution in [2.45, 2.75) is 11.8 Å². The van der Waals surface area contributed by atoms with Gasteiger partial charge in [-0.2, -0.15) is 0 Å². The van der Waals surface area contributed by atoms with E-state index in [9.17, 15) is 4.79 Å². The summed E-state index contributed by atoms with van der Waals surface area (Å²) in [6, 6.07) is 24.3. The molecule has 1 heterocycles. The smallest absolute Gasteiger partial charge is 0.243 e. The first kappa shape index (κ1) is 17.8. The Balaban J connectivity index is 1.56. The van der Waals surface area contributed by atoms with E-state index in [0.29, 0.717) is 10.9 Å². The number of benzene rings is 3. The Labute approximate surface area is 166 Å². The van der Waals surface area contributed by atoms with Gasteiger partial charge in [0.05, 0.1) is 17.1 Å². The van der Waals surface area contributed by atoms with Gasteiger partial charge in [-0.05, 0) is 42.0 Å². The van der Waals surface area contributed by atoms with Gasteiger partial charge in [-0.15, -0.1) is 23.1 Å². The van der Waals surface area contributed by atoms with Gasteiger partial charge in [-0.1, -0.05) is 48.5 Å². The molecule has 3 nitrogen and oxygen atoms in total. The lowest BCUT2D eigenvalue weighted by Gasteiger charge is -2.20. The summed E-state index contributed by atoms with van der Waals surface area (Å²) in [6.07, 6.45) is 0. The van der Waals surface area contributed by atoms with E-state index in [2.05, 4.69) is 35.3 Å². The summed E-state index contributed by atoms with van der Waals surface area (Å²) in [5, 5.41) is 5.07. The summed E-state index contributed by atoms with van der Waals surface area (Å²) in [5.41, 5.74) is 1.77. The van der Waals surface area contributed by atoms with Crippen LogP contribution in [0.15, 0.2) is 83.1 Å². The molecule has 4 rings (SSSR count). The highest BCUT2D eigenvalue weighted by atomic mass is 32.2. The Morgan fingerprint density at radius 1 is 1.00 bits per heavy atom. The molecule has 0 aliphatic rings. The van der Waals surface area contributed by atoms with Crippen molar-refractivity contribution in [3.05, 3.63) is 83.9 Å². The predicted octanol–water partition coefficient (Wildman–Crippen LogP) is 6.06.